The maximum atomic E-state index is 12.1. The molecule has 2 nitrogen and oxygen atoms in total. The van der Waals surface area contributed by atoms with Gasteiger partial charge in [0, 0.05) is 15.5 Å². The van der Waals surface area contributed by atoms with Crippen molar-refractivity contribution < 1.29 is 35.8 Å². The van der Waals surface area contributed by atoms with E-state index >= 15 is 0 Å². The normalized spacial score (nSPS) is 13.0. The molecule has 0 heterocycles. The summed E-state index contributed by atoms with van der Waals surface area (Å²) in [5.74, 6) is 0. The van der Waals surface area contributed by atoms with Crippen molar-refractivity contribution in [2.75, 3.05) is 13.2 Å². The summed E-state index contributed by atoms with van der Waals surface area (Å²) < 4.78 is 81.4. The second-order valence-corrected chi connectivity index (χ2v) is 4.81. The van der Waals surface area contributed by atoms with Crippen LogP contribution in [0.4, 0.5) is 26.3 Å². The fraction of sp³-hybridized carbons (Fsp3) is 0.455. The van der Waals surface area contributed by atoms with Crippen molar-refractivity contribution in [3.05, 3.63) is 28.8 Å². The monoisotopic (exact) mass is 354 g/mol. The number of hydrogen-bond donors (Lipinski definition) is 1. The SMILES string of the molecule is FC(F)(F)COC(OCC(F)(F)F)c1ccc(S)cc1Cl. The van der Waals surface area contributed by atoms with Crippen molar-refractivity contribution in [3.8, 4) is 0 Å². The third-order valence-corrected chi connectivity index (χ3v) is 2.64. The Labute approximate surface area is 126 Å². The molecule has 0 bridgehead atoms. The fourth-order valence-electron chi connectivity index (χ4n) is 1.28. The summed E-state index contributed by atoms with van der Waals surface area (Å²) in [6.07, 6.45) is -11.3. The van der Waals surface area contributed by atoms with Gasteiger partial charge < -0.3 is 9.47 Å². The Morgan fingerprint density at radius 2 is 1.48 bits per heavy atom. The maximum absolute atomic E-state index is 12.1. The molecular weight excluding hydrogens is 346 g/mol. The Balaban J connectivity index is 2.89. The second kappa shape index (κ2) is 7.08. The first kappa shape index (κ1) is 18.4. The summed E-state index contributed by atoms with van der Waals surface area (Å²) in [4.78, 5) is 0.383. The van der Waals surface area contributed by atoms with Crippen LogP contribution in [0.15, 0.2) is 23.1 Å². The smallest absolute Gasteiger partial charge is 0.339 e. The average Bonchev–Trinajstić information content (AvgIpc) is 2.28. The first-order chi connectivity index (χ1) is 9.48. The predicted molar refractivity (Wildman–Crippen MR) is 65.5 cm³/mol. The van der Waals surface area contributed by atoms with Gasteiger partial charge in [-0.25, -0.2) is 0 Å². The van der Waals surface area contributed by atoms with E-state index in [0.717, 1.165) is 0 Å². The van der Waals surface area contributed by atoms with Crippen molar-refractivity contribution in [1.29, 1.82) is 0 Å². The van der Waals surface area contributed by atoms with Gasteiger partial charge in [-0.2, -0.15) is 26.3 Å². The van der Waals surface area contributed by atoms with Gasteiger partial charge in [0.05, 0.1) is 0 Å². The highest BCUT2D eigenvalue weighted by molar-refractivity contribution is 7.80. The molecule has 0 unspecified atom stereocenters. The van der Waals surface area contributed by atoms with Gasteiger partial charge in [0.15, 0.2) is 6.29 Å². The van der Waals surface area contributed by atoms with Crippen LogP contribution in [-0.4, -0.2) is 25.6 Å². The van der Waals surface area contributed by atoms with E-state index in [1.807, 2.05) is 0 Å². The minimum atomic E-state index is -4.71. The van der Waals surface area contributed by atoms with Crippen LogP contribution >= 0.6 is 24.2 Å². The summed E-state index contributed by atoms with van der Waals surface area (Å²) in [5, 5.41) is -0.114. The summed E-state index contributed by atoms with van der Waals surface area (Å²) in [7, 11) is 0. The van der Waals surface area contributed by atoms with Gasteiger partial charge in [-0.1, -0.05) is 17.7 Å². The van der Waals surface area contributed by atoms with Crippen LogP contribution in [0, 0.1) is 0 Å². The minimum absolute atomic E-state index is 0.114. The van der Waals surface area contributed by atoms with Crippen LogP contribution in [0.25, 0.3) is 0 Å². The third-order valence-electron chi connectivity index (χ3n) is 2.03. The summed E-state index contributed by atoms with van der Waals surface area (Å²) >= 11 is 9.69. The van der Waals surface area contributed by atoms with Crippen molar-refractivity contribution in [1.82, 2.24) is 0 Å². The first-order valence-electron chi connectivity index (χ1n) is 5.33. The van der Waals surface area contributed by atoms with E-state index in [2.05, 4.69) is 22.1 Å². The van der Waals surface area contributed by atoms with Crippen LogP contribution < -0.4 is 0 Å². The van der Waals surface area contributed by atoms with Crippen molar-refractivity contribution in [2.45, 2.75) is 23.5 Å². The van der Waals surface area contributed by atoms with Gasteiger partial charge in [0.25, 0.3) is 0 Å². The van der Waals surface area contributed by atoms with E-state index in [9.17, 15) is 26.3 Å². The topological polar surface area (TPSA) is 18.5 Å². The van der Waals surface area contributed by atoms with E-state index in [1.54, 1.807) is 0 Å². The zero-order chi connectivity index (χ0) is 16.3. The van der Waals surface area contributed by atoms with E-state index in [4.69, 9.17) is 11.6 Å². The Morgan fingerprint density at radius 1 is 1.00 bits per heavy atom. The molecule has 0 amide bonds. The van der Waals surface area contributed by atoms with Gasteiger partial charge in [0.2, 0.25) is 0 Å². The quantitative estimate of drug-likeness (QED) is 0.466. The molecule has 21 heavy (non-hydrogen) atoms. The highest BCUT2D eigenvalue weighted by Crippen LogP contribution is 2.31. The van der Waals surface area contributed by atoms with Crippen molar-refractivity contribution in [2.24, 2.45) is 0 Å². The van der Waals surface area contributed by atoms with Crippen LogP contribution in [-0.2, 0) is 9.47 Å². The van der Waals surface area contributed by atoms with E-state index < -0.39 is 31.9 Å². The molecule has 0 atom stereocenters. The van der Waals surface area contributed by atoms with E-state index in [-0.39, 0.29) is 10.6 Å². The standard InChI is InChI=1S/C11H9ClF6O2S/c12-8-3-6(21)1-2-7(8)9(19-4-10(13,14)15)20-5-11(16,17)18/h1-3,9,21H,4-5H2. The molecule has 0 spiro atoms. The molecule has 1 aromatic rings. The Hall–Kier alpha value is -0.640. The van der Waals surface area contributed by atoms with Crippen molar-refractivity contribution >= 4 is 24.2 Å². The molecule has 0 N–H and O–H groups in total. The minimum Gasteiger partial charge on any atom is -0.339 e. The lowest BCUT2D eigenvalue weighted by molar-refractivity contribution is -0.262. The highest BCUT2D eigenvalue weighted by Gasteiger charge is 2.34. The number of alkyl halides is 6. The van der Waals surface area contributed by atoms with Gasteiger partial charge in [-0.3, -0.25) is 0 Å². The molecule has 1 aromatic carbocycles. The number of ether oxygens (including phenoxy) is 2. The van der Waals surface area contributed by atoms with Gasteiger partial charge in [0.1, 0.15) is 13.2 Å². The molecule has 0 aliphatic carbocycles. The zero-order valence-corrected chi connectivity index (χ0v) is 11.8. The summed E-state index contributed by atoms with van der Waals surface area (Å²) in [6, 6.07) is 3.77. The largest absolute Gasteiger partial charge is 0.411 e. The molecule has 0 saturated heterocycles. The molecule has 0 fully saturated rings. The molecule has 0 saturated carbocycles. The Kier molecular flexibility index (Phi) is 6.21. The molecule has 10 heteroatoms. The molecule has 0 aliphatic rings. The number of rotatable bonds is 5. The lowest BCUT2D eigenvalue weighted by Crippen LogP contribution is -2.25. The van der Waals surface area contributed by atoms with Crippen LogP contribution in [0.1, 0.15) is 11.9 Å². The van der Waals surface area contributed by atoms with Crippen LogP contribution in [0.2, 0.25) is 5.02 Å². The van der Waals surface area contributed by atoms with Crippen molar-refractivity contribution in [3.63, 3.8) is 0 Å². The van der Waals surface area contributed by atoms with Gasteiger partial charge in [-0.05, 0) is 12.1 Å². The molecule has 120 valence electrons. The van der Waals surface area contributed by atoms with E-state index in [1.165, 1.54) is 18.2 Å². The van der Waals surface area contributed by atoms with E-state index in [0.29, 0.717) is 4.90 Å². The van der Waals surface area contributed by atoms with Crippen LogP contribution in [0.5, 0.6) is 0 Å². The molecule has 0 aromatic heterocycles. The fourth-order valence-corrected chi connectivity index (χ4v) is 1.82. The lowest BCUT2D eigenvalue weighted by atomic mass is 10.2. The molecule has 0 aliphatic heterocycles. The number of benzene rings is 1. The predicted octanol–water partition coefficient (Wildman–Crippen LogP) is 4.79. The molecule has 1 rings (SSSR count). The Bertz CT molecular complexity index is 459. The zero-order valence-electron chi connectivity index (χ0n) is 10.1. The second-order valence-electron chi connectivity index (χ2n) is 3.89. The third kappa shape index (κ3) is 7.25. The maximum Gasteiger partial charge on any atom is 0.411 e. The van der Waals surface area contributed by atoms with Gasteiger partial charge >= 0.3 is 12.4 Å². The lowest BCUT2D eigenvalue weighted by Gasteiger charge is -2.21. The highest BCUT2D eigenvalue weighted by atomic mass is 35.5. The van der Waals surface area contributed by atoms with Crippen LogP contribution in [0.3, 0.4) is 0 Å². The number of halogens is 7. The number of hydrogen-bond acceptors (Lipinski definition) is 3. The first-order valence-corrected chi connectivity index (χ1v) is 6.15. The molecule has 0 radical (unpaired) electrons. The summed E-state index contributed by atoms with van der Waals surface area (Å²) in [5.41, 5.74) is -0.150. The van der Waals surface area contributed by atoms with Gasteiger partial charge in [-0.15, -0.1) is 12.6 Å². The average molecular weight is 355 g/mol. The molecular formula is C11H9ClF6O2S. The Morgan fingerprint density at radius 3 is 1.86 bits per heavy atom. The summed E-state index contributed by atoms with van der Waals surface area (Å²) in [6.45, 7) is -3.54. The number of thiol groups is 1.